The fourth-order valence-electron chi connectivity index (χ4n) is 3.26. The lowest BCUT2D eigenvalue weighted by molar-refractivity contribution is 0.463. The van der Waals surface area contributed by atoms with Crippen LogP contribution in [-0.2, 0) is 6.42 Å². The second-order valence-corrected chi connectivity index (χ2v) is 7.57. The van der Waals surface area contributed by atoms with Crippen molar-refractivity contribution in [3.63, 3.8) is 0 Å². The summed E-state index contributed by atoms with van der Waals surface area (Å²) in [6.07, 6.45) is 2.61. The summed E-state index contributed by atoms with van der Waals surface area (Å²) >= 11 is 1.78. The Labute approximate surface area is 163 Å². The molecule has 0 radical (unpaired) electrons. The highest BCUT2D eigenvalue weighted by Gasteiger charge is 2.20. The Kier molecular flexibility index (Phi) is 7.04. The third-order valence-corrected chi connectivity index (χ3v) is 5.52. The summed E-state index contributed by atoms with van der Waals surface area (Å²) in [4.78, 5) is 6.99. The number of benzene rings is 1. The van der Waals surface area contributed by atoms with Crippen LogP contribution in [0.4, 0.5) is 13.8 Å². The van der Waals surface area contributed by atoms with Crippen molar-refractivity contribution < 1.29 is 8.78 Å². The molecule has 0 spiro atoms. The average Bonchev–Trinajstić information content (AvgIpc) is 3.16. The zero-order valence-corrected chi connectivity index (χ0v) is 16.4. The molecule has 0 amide bonds. The second-order valence-electron chi connectivity index (χ2n) is 6.65. The van der Waals surface area contributed by atoms with E-state index in [4.69, 9.17) is 0 Å². The van der Waals surface area contributed by atoms with E-state index in [1.807, 2.05) is 6.92 Å². The van der Waals surface area contributed by atoms with Gasteiger partial charge in [0.2, 0.25) is 0 Å². The molecule has 146 valence electrons. The van der Waals surface area contributed by atoms with Crippen LogP contribution in [0.3, 0.4) is 0 Å². The van der Waals surface area contributed by atoms with Crippen LogP contribution in [0.5, 0.6) is 0 Å². The molecule has 1 aliphatic heterocycles. The Morgan fingerprint density at radius 3 is 2.59 bits per heavy atom. The molecule has 1 fully saturated rings. The molecule has 1 aromatic carbocycles. The first kappa shape index (κ1) is 19.6. The highest BCUT2D eigenvalue weighted by Crippen LogP contribution is 2.24. The van der Waals surface area contributed by atoms with Crippen molar-refractivity contribution in [2.45, 2.75) is 32.2 Å². The summed E-state index contributed by atoms with van der Waals surface area (Å²) in [6.45, 7) is 5.33. The molecule has 0 unspecified atom stereocenters. The number of piperidine rings is 1. The number of thiophene rings is 1. The third-order valence-electron chi connectivity index (χ3n) is 4.59. The lowest BCUT2D eigenvalue weighted by Gasteiger charge is -2.33. The Bertz CT molecular complexity index is 720. The van der Waals surface area contributed by atoms with Gasteiger partial charge in [0.05, 0.1) is 5.00 Å². The number of halogens is 2. The van der Waals surface area contributed by atoms with Gasteiger partial charge in [-0.25, -0.2) is 8.78 Å². The Balaban J connectivity index is 1.50. The largest absolute Gasteiger partial charge is 0.363 e. The maximum atomic E-state index is 13.3. The first-order valence-corrected chi connectivity index (χ1v) is 10.3. The quantitative estimate of drug-likeness (QED) is 0.580. The van der Waals surface area contributed by atoms with Crippen LogP contribution in [-0.4, -0.2) is 38.2 Å². The predicted octanol–water partition coefficient (Wildman–Crippen LogP) is 3.79. The van der Waals surface area contributed by atoms with E-state index >= 15 is 0 Å². The topological polar surface area (TPSA) is 39.7 Å². The molecule has 2 heterocycles. The number of guanidine groups is 1. The van der Waals surface area contributed by atoms with Crippen LogP contribution in [0.25, 0.3) is 0 Å². The summed E-state index contributed by atoms with van der Waals surface area (Å²) < 4.78 is 26.5. The van der Waals surface area contributed by atoms with Crippen LogP contribution in [0.1, 0.15) is 25.3 Å². The molecule has 0 saturated carbocycles. The molecule has 1 aliphatic rings. The van der Waals surface area contributed by atoms with Crippen molar-refractivity contribution in [1.29, 1.82) is 0 Å². The molecule has 0 bridgehead atoms. The van der Waals surface area contributed by atoms with Crippen molar-refractivity contribution in [1.82, 2.24) is 10.6 Å². The van der Waals surface area contributed by atoms with E-state index < -0.39 is 11.6 Å². The molecule has 27 heavy (non-hydrogen) atoms. The normalized spacial score (nSPS) is 15.8. The molecule has 4 nitrogen and oxygen atoms in total. The van der Waals surface area contributed by atoms with E-state index in [9.17, 15) is 8.78 Å². The minimum Gasteiger partial charge on any atom is -0.363 e. The molecular formula is C20H26F2N4S. The Morgan fingerprint density at radius 1 is 1.22 bits per heavy atom. The Hall–Kier alpha value is -2.15. The van der Waals surface area contributed by atoms with Crippen LogP contribution in [0.2, 0.25) is 0 Å². The molecule has 2 N–H and O–H groups in total. The molecule has 2 aromatic rings. The van der Waals surface area contributed by atoms with E-state index in [0.29, 0.717) is 24.6 Å². The first-order chi connectivity index (χ1) is 13.1. The van der Waals surface area contributed by atoms with Gasteiger partial charge in [-0.2, -0.15) is 0 Å². The predicted molar refractivity (Wildman–Crippen MR) is 109 cm³/mol. The fourth-order valence-corrected chi connectivity index (χ4v) is 4.04. The molecular weight excluding hydrogens is 366 g/mol. The van der Waals surface area contributed by atoms with Crippen LogP contribution >= 0.6 is 11.3 Å². The van der Waals surface area contributed by atoms with E-state index in [1.165, 1.54) is 17.1 Å². The van der Waals surface area contributed by atoms with Gasteiger partial charge < -0.3 is 15.5 Å². The van der Waals surface area contributed by atoms with Crippen LogP contribution in [0.15, 0.2) is 40.7 Å². The van der Waals surface area contributed by atoms with Gasteiger partial charge in [-0.15, -0.1) is 11.3 Å². The van der Waals surface area contributed by atoms with E-state index in [0.717, 1.165) is 44.5 Å². The third kappa shape index (κ3) is 5.92. The van der Waals surface area contributed by atoms with E-state index in [-0.39, 0.29) is 0 Å². The zero-order chi connectivity index (χ0) is 19.1. The number of nitrogens with zero attached hydrogens (tertiary/aromatic N) is 2. The van der Waals surface area contributed by atoms with Crippen LogP contribution < -0.4 is 15.5 Å². The number of nitrogens with one attached hydrogen (secondary N) is 2. The van der Waals surface area contributed by atoms with Crippen molar-refractivity contribution in [2.75, 3.05) is 31.1 Å². The molecule has 1 aromatic heterocycles. The average molecular weight is 393 g/mol. The Morgan fingerprint density at radius 2 is 1.96 bits per heavy atom. The first-order valence-electron chi connectivity index (χ1n) is 9.42. The van der Waals surface area contributed by atoms with Gasteiger partial charge in [0.15, 0.2) is 5.96 Å². The minimum absolute atomic E-state index is 0.380. The molecule has 7 heteroatoms. The fraction of sp³-hybridized carbons (Fsp3) is 0.450. The molecule has 3 rings (SSSR count). The van der Waals surface area contributed by atoms with Gasteiger partial charge >= 0.3 is 0 Å². The van der Waals surface area contributed by atoms with Crippen molar-refractivity contribution in [2.24, 2.45) is 4.99 Å². The number of rotatable bonds is 6. The van der Waals surface area contributed by atoms with Gasteiger partial charge in [-0.3, -0.25) is 4.99 Å². The van der Waals surface area contributed by atoms with Gasteiger partial charge in [0.1, 0.15) is 11.6 Å². The minimum atomic E-state index is -0.545. The number of aliphatic imine (C=N–C) groups is 1. The molecule has 0 aliphatic carbocycles. The zero-order valence-electron chi connectivity index (χ0n) is 15.5. The lowest BCUT2D eigenvalue weighted by atomic mass is 10.1. The summed E-state index contributed by atoms with van der Waals surface area (Å²) in [7, 11) is 0. The van der Waals surface area contributed by atoms with Crippen molar-refractivity contribution in [3.8, 4) is 0 Å². The number of hydrogen-bond acceptors (Lipinski definition) is 3. The van der Waals surface area contributed by atoms with Crippen molar-refractivity contribution >= 4 is 22.3 Å². The lowest BCUT2D eigenvalue weighted by Crippen LogP contribution is -2.48. The smallest absolute Gasteiger partial charge is 0.191 e. The van der Waals surface area contributed by atoms with Crippen molar-refractivity contribution in [3.05, 3.63) is 52.9 Å². The maximum absolute atomic E-state index is 13.3. The van der Waals surface area contributed by atoms with Gasteiger partial charge in [0, 0.05) is 38.3 Å². The summed E-state index contributed by atoms with van der Waals surface area (Å²) in [6, 6.07) is 8.24. The van der Waals surface area contributed by atoms with E-state index in [2.05, 4.69) is 38.0 Å². The monoisotopic (exact) mass is 392 g/mol. The second kappa shape index (κ2) is 9.69. The van der Waals surface area contributed by atoms with Crippen LogP contribution in [0, 0.1) is 11.6 Å². The van der Waals surface area contributed by atoms with Gasteiger partial charge in [0.25, 0.3) is 0 Å². The van der Waals surface area contributed by atoms with Gasteiger partial charge in [-0.1, -0.05) is 0 Å². The maximum Gasteiger partial charge on any atom is 0.191 e. The summed E-state index contributed by atoms with van der Waals surface area (Å²) in [5, 5.41) is 10.2. The highest BCUT2D eigenvalue weighted by atomic mass is 32.1. The molecule has 1 saturated heterocycles. The summed E-state index contributed by atoms with van der Waals surface area (Å²) in [5.74, 6) is -0.322. The number of anilines is 1. The highest BCUT2D eigenvalue weighted by molar-refractivity contribution is 7.14. The SMILES string of the molecule is CCNC(=NCCc1cc(F)cc(F)c1)NC1CCN(c2cccs2)CC1. The molecule has 0 atom stereocenters. The summed E-state index contributed by atoms with van der Waals surface area (Å²) in [5.41, 5.74) is 0.622. The van der Waals surface area contributed by atoms with E-state index in [1.54, 1.807) is 11.3 Å². The number of hydrogen-bond donors (Lipinski definition) is 2. The standard InChI is InChI=1S/C20H26F2N4S/c1-2-23-20(24-8-5-15-12-16(21)14-17(22)13-15)25-18-6-9-26(10-7-18)19-4-3-11-27-19/h3-4,11-14,18H,2,5-10H2,1H3,(H2,23,24,25). The van der Waals surface area contributed by atoms with Gasteiger partial charge in [-0.05, 0) is 61.4 Å².